The van der Waals surface area contributed by atoms with E-state index in [2.05, 4.69) is 9.37 Å². The Labute approximate surface area is 63.3 Å². The van der Waals surface area contributed by atoms with Crippen molar-refractivity contribution in [3.63, 3.8) is 0 Å². The first-order chi connectivity index (χ1) is 4.48. The number of hydrogen-bond acceptors (Lipinski definition) is 6. The molecule has 5 nitrogen and oxygen atoms in total. The zero-order valence-electron chi connectivity index (χ0n) is 5.47. The minimum Gasteiger partial charge on any atom is -0.228 e. The highest BCUT2D eigenvalue weighted by molar-refractivity contribution is 8.10. The first-order valence-corrected chi connectivity index (χ1v) is 5.07. The van der Waals surface area contributed by atoms with Crippen molar-refractivity contribution >= 4 is 21.9 Å². The normalized spacial score (nSPS) is 15.1. The van der Waals surface area contributed by atoms with Crippen LogP contribution in [-0.2, 0) is 19.2 Å². The molecule has 1 N–H and O–H groups in total. The van der Waals surface area contributed by atoms with Crippen molar-refractivity contribution < 1.29 is 23.0 Å². The lowest BCUT2D eigenvalue weighted by Gasteiger charge is -2.03. The third-order valence-corrected chi connectivity index (χ3v) is 3.71. The second-order valence-electron chi connectivity index (χ2n) is 1.64. The molecule has 0 aromatic heterocycles. The van der Waals surface area contributed by atoms with E-state index >= 15 is 0 Å². The van der Waals surface area contributed by atoms with Gasteiger partial charge in [-0.2, -0.15) is 0 Å². The van der Waals surface area contributed by atoms with Crippen LogP contribution in [0.25, 0.3) is 0 Å². The van der Waals surface area contributed by atoms with Gasteiger partial charge in [-0.05, 0) is 6.92 Å². The van der Waals surface area contributed by atoms with Gasteiger partial charge in [-0.3, -0.25) is 0 Å². The molecule has 0 spiro atoms. The maximum atomic E-state index is 10.6. The molecule has 1 atom stereocenters. The highest BCUT2D eigenvalue weighted by atomic mass is 32.3. The molecule has 0 saturated heterocycles. The summed E-state index contributed by atoms with van der Waals surface area (Å²) in [4.78, 5) is 0. The summed E-state index contributed by atoms with van der Waals surface area (Å²) in [5.74, 6) is 0. The van der Waals surface area contributed by atoms with Crippen LogP contribution >= 0.6 is 12.0 Å². The van der Waals surface area contributed by atoms with Gasteiger partial charge >= 0.3 is 0 Å². The van der Waals surface area contributed by atoms with Gasteiger partial charge in [-0.15, -0.1) is 4.33 Å². The smallest absolute Gasteiger partial charge is 0.161 e. The molecule has 0 amide bonds. The second-order valence-corrected chi connectivity index (χ2v) is 5.34. The minimum absolute atomic E-state index is 0.523. The first-order valence-electron chi connectivity index (χ1n) is 2.31. The van der Waals surface area contributed by atoms with Gasteiger partial charge < -0.3 is 0 Å². The molecule has 0 heterocycles. The monoisotopic (exact) mass is 188 g/mol. The van der Waals surface area contributed by atoms with Crippen LogP contribution in [0.5, 0.6) is 0 Å². The third kappa shape index (κ3) is 4.07. The van der Waals surface area contributed by atoms with E-state index in [1.807, 2.05) is 0 Å². The number of rotatable bonds is 4. The Morgan fingerprint density at radius 2 is 2.10 bits per heavy atom. The van der Waals surface area contributed by atoms with Crippen molar-refractivity contribution in [3.05, 3.63) is 0 Å². The predicted molar refractivity (Wildman–Crippen MR) is 36.7 cm³/mol. The van der Waals surface area contributed by atoms with Crippen molar-refractivity contribution in [2.24, 2.45) is 0 Å². The fourth-order valence-electron chi connectivity index (χ4n) is 0.144. The van der Waals surface area contributed by atoms with Crippen LogP contribution in [0.15, 0.2) is 0 Å². The summed E-state index contributed by atoms with van der Waals surface area (Å²) in [5, 5.41) is 10.8. The summed E-state index contributed by atoms with van der Waals surface area (Å²) in [5.41, 5.74) is 0. The summed E-state index contributed by atoms with van der Waals surface area (Å²) in [6.45, 7) is 1.42. The van der Waals surface area contributed by atoms with Gasteiger partial charge in [0.1, 0.15) is 4.58 Å². The van der Waals surface area contributed by atoms with Crippen LogP contribution in [0.2, 0.25) is 0 Å². The van der Waals surface area contributed by atoms with E-state index in [1.165, 1.54) is 6.92 Å². The number of hydrogen-bond donors (Lipinski definition) is 1. The molecule has 0 radical (unpaired) electrons. The van der Waals surface area contributed by atoms with Crippen molar-refractivity contribution in [1.29, 1.82) is 0 Å². The van der Waals surface area contributed by atoms with Gasteiger partial charge in [-0.1, -0.05) is 5.04 Å². The van der Waals surface area contributed by atoms with Crippen molar-refractivity contribution in [3.8, 4) is 0 Å². The fourth-order valence-corrected chi connectivity index (χ4v) is 0.957. The molecule has 62 valence electrons. The van der Waals surface area contributed by atoms with Gasteiger partial charge in [0, 0.05) is 6.26 Å². The van der Waals surface area contributed by atoms with Gasteiger partial charge in [0.15, 0.2) is 9.84 Å². The first kappa shape index (κ1) is 10.2. The molecule has 10 heavy (non-hydrogen) atoms. The quantitative estimate of drug-likeness (QED) is 0.392. The highest BCUT2D eigenvalue weighted by Gasteiger charge is 2.16. The van der Waals surface area contributed by atoms with Crippen LogP contribution < -0.4 is 0 Å². The Morgan fingerprint density at radius 3 is 2.40 bits per heavy atom. The molecule has 0 aromatic carbocycles. The molecule has 0 aliphatic rings. The highest BCUT2D eigenvalue weighted by Crippen LogP contribution is 2.16. The summed E-state index contributed by atoms with van der Waals surface area (Å²) in [6, 6.07) is 0. The SMILES string of the molecule is CC(SOOO)S(C)(=O)=O. The van der Waals surface area contributed by atoms with E-state index in [0.29, 0.717) is 12.0 Å². The van der Waals surface area contributed by atoms with E-state index in [0.717, 1.165) is 6.26 Å². The lowest BCUT2D eigenvalue weighted by atomic mass is 11.0. The third-order valence-electron chi connectivity index (χ3n) is 0.808. The predicted octanol–water partition coefficient (Wildman–Crippen LogP) is 0.446. The molecule has 1 unspecified atom stereocenters. The van der Waals surface area contributed by atoms with Gasteiger partial charge in [-0.25, -0.2) is 13.7 Å². The maximum Gasteiger partial charge on any atom is 0.161 e. The molecule has 0 saturated carbocycles. The van der Waals surface area contributed by atoms with Crippen LogP contribution in [-0.4, -0.2) is 24.5 Å². The summed E-state index contributed by atoms with van der Waals surface area (Å²) >= 11 is 0.523. The minimum atomic E-state index is -3.13. The van der Waals surface area contributed by atoms with Gasteiger partial charge in [0.2, 0.25) is 0 Å². The fraction of sp³-hybridized carbons (Fsp3) is 1.00. The van der Waals surface area contributed by atoms with E-state index in [1.54, 1.807) is 0 Å². The summed E-state index contributed by atoms with van der Waals surface area (Å²) in [6.07, 6.45) is 1.06. The van der Waals surface area contributed by atoms with E-state index in [4.69, 9.17) is 5.26 Å². The second kappa shape index (κ2) is 4.14. The molecule has 0 fully saturated rings. The Morgan fingerprint density at radius 1 is 1.60 bits per heavy atom. The average molecular weight is 188 g/mol. The van der Waals surface area contributed by atoms with E-state index < -0.39 is 14.4 Å². The van der Waals surface area contributed by atoms with Crippen molar-refractivity contribution in [2.75, 3.05) is 6.26 Å². The summed E-state index contributed by atoms with van der Waals surface area (Å²) < 4.78 is 24.4. The Hall–Kier alpha value is 0.180. The Bertz CT molecular complexity index is 173. The standard InChI is InChI=1S/C3H8O5S2/c1-3(9-8-7-4)10(2,5)6/h3-4H,1-2H3. The number of sulfone groups is 1. The van der Waals surface area contributed by atoms with E-state index in [-0.39, 0.29) is 0 Å². The van der Waals surface area contributed by atoms with Crippen molar-refractivity contribution in [2.45, 2.75) is 11.5 Å². The zero-order chi connectivity index (χ0) is 8.20. The summed E-state index contributed by atoms with van der Waals surface area (Å²) in [7, 11) is -3.13. The van der Waals surface area contributed by atoms with Crippen LogP contribution in [0.4, 0.5) is 0 Å². The van der Waals surface area contributed by atoms with Gasteiger partial charge in [0.25, 0.3) is 0 Å². The van der Waals surface area contributed by atoms with Crippen molar-refractivity contribution in [1.82, 2.24) is 0 Å². The Kier molecular flexibility index (Phi) is 4.22. The molecule has 0 bridgehead atoms. The zero-order valence-corrected chi connectivity index (χ0v) is 7.11. The molecule has 0 rings (SSSR count). The maximum absolute atomic E-state index is 10.6. The molecular formula is C3H8O5S2. The lowest BCUT2D eigenvalue weighted by Crippen LogP contribution is -2.11. The molecule has 7 heteroatoms. The Balaban J connectivity index is 3.75. The van der Waals surface area contributed by atoms with Crippen LogP contribution in [0.3, 0.4) is 0 Å². The van der Waals surface area contributed by atoms with Gasteiger partial charge in [0.05, 0.1) is 12.0 Å². The molecular weight excluding hydrogens is 180 g/mol. The molecule has 0 aliphatic carbocycles. The topological polar surface area (TPSA) is 72.8 Å². The van der Waals surface area contributed by atoms with E-state index in [9.17, 15) is 8.42 Å². The lowest BCUT2D eigenvalue weighted by molar-refractivity contribution is -0.432. The van der Waals surface area contributed by atoms with Crippen LogP contribution in [0, 0.1) is 0 Å². The molecule has 0 aliphatic heterocycles. The average Bonchev–Trinajstić information content (AvgIpc) is 1.80. The molecule has 0 aromatic rings. The largest absolute Gasteiger partial charge is 0.228 e. The van der Waals surface area contributed by atoms with Crippen LogP contribution in [0.1, 0.15) is 6.92 Å².